The highest BCUT2D eigenvalue weighted by molar-refractivity contribution is 6.06. The average Bonchev–Trinajstić information content (AvgIpc) is 2.50. The van der Waals surface area contributed by atoms with E-state index >= 15 is 0 Å². The fraction of sp³-hybridized carbons (Fsp3) is 0.250. The highest BCUT2D eigenvalue weighted by atomic mass is 19.1. The van der Waals surface area contributed by atoms with Gasteiger partial charge in [0.25, 0.3) is 5.91 Å². The van der Waals surface area contributed by atoms with Crippen molar-refractivity contribution in [1.29, 1.82) is 0 Å². The highest BCUT2D eigenvalue weighted by Crippen LogP contribution is 2.23. The molecular formula is C20H20F3NO2. The van der Waals surface area contributed by atoms with Gasteiger partial charge in [0.05, 0.1) is 6.54 Å². The first-order valence-corrected chi connectivity index (χ1v) is 7.97. The largest absolute Gasteiger partial charge is 0.491 e. The number of carbonyl (C=O) groups excluding carboxylic acids is 1. The van der Waals surface area contributed by atoms with Crippen molar-refractivity contribution in [3.8, 4) is 0 Å². The van der Waals surface area contributed by atoms with E-state index in [1.807, 2.05) is 20.8 Å². The van der Waals surface area contributed by atoms with E-state index in [2.05, 4.69) is 6.58 Å². The second-order valence-electron chi connectivity index (χ2n) is 6.72. The Morgan fingerprint density at radius 2 is 1.62 bits per heavy atom. The Bertz CT molecular complexity index is 791. The highest BCUT2D eigenvalue weighted by Gasteiger charge is 2.27. The molecule has 0 aromatic heterocycles. The molecule has 138 valence electrons. The fourth-order valence-electron chi connectivity index (χ4n) is 2.41. The molecule has 3 nitrogen and oxygen atoms in total. The number of ether oxygens (including phenoxy) is 1. The van der Waals surface area contributed by atoms with Crippen LogP contribution in [0.4, 0.5) is 18.9 Å². The van der Waals surface area contributed by atoms with E-state index < -0.39 is 34.5 Å². The van der Waals surface area contributed by atoms with E-state index in [4.69, 9.17) is 4.74 Å². The summed E-state index contributed by atoms with van der Waals surface area (Å²) < 4.78 is 46.9. The molecule has 2 aromatic carbocycles. The van der Waals surface area contributed by atoms with Crippen LogP contribution in [-0.2, 0) is 4.74 Å². The number of nitrogens with zero attached hydrogens (tertiary/aromatic N) is 1. The summed E-state index contributed by atoms with van der Waals surface area (Å²) in [6.07, 6.45) is 0. The van der Waals surface area contributed by atoms with Crippen LogP contribution in [0.5, 0.6) is 0 Å². The molecule has 2 rings (SSSR count). The zero-order chi connectivity index (χ0) is 19.5. The molecule has 0 fully saturated rings. The number of hydrogen-bond acceptors (Lipinski definition) is 2. The van der Waals surface area contributed by atoms with Gasteiger partial charge >= 0.3 is 0 Å². The van der Waals surface area contributed by atoms with Crippen molar-refractivity contribution in [2.24, 2.45) is 0 Å². The van der Waals surface area contributed by atoms with Crippen molar-refractivity contribution in [3.63, 3.8) is 0 Å². The van der Waals surface area contributed by atoms with E-state index in [-0.39, 0.29) is 12.3 Å². The zero-order valence-corrected chi connectivity index (χ0v) is 14.9. The lowest BCUT2D eigenvalue weighted by Crippen LogP contribution is -2.35. The molecule has 0 radical (unpaired) electrons. The molecular weight excluding hydrogens is 343 g/mol. The molecule has 1 amide bonds. The molecule has 0 spiro atoms. The Hall–Kier alpha value is -2.76. The fourth-order valence-corrected chi connectivity index (χ4v) is 2.41. The molecule has 0 heterocycles. The van der Waals surface area contributed by atoms with Gasteiger partial charge in [0.1, 0.15) is 34.4 Å². The number of benzene rings is 2. The van der Waals surface area contributed by atoms with Crippen LogP contribution in [0.25, 0.3) is 0 Å². The second kappa shape index (κ2) is 7.64. The average molecular weight is 363 g/mol. The predicted molar refractivity (Wildman–Crippen MR) is 94.4 cm³/mol. The Morgan fingerprint density at radius 1 is 1.08 bits per heavy atom. The summed E-state index contributed by atoms with van der Waals surface area (Å²) >= 11 is 0. The molecule has 0 N–H and O–H groups in total. The molecule has 26 heavy (non-hydrogen) atoms. The summed E-state index contributed by atoms with van der Waals surface area (Å²) in [4.78, 5) is 14.0. The number of hydrogen-bond donors (Lipinski definition) is 0. The maximum Gasteiger partial charge on any atom is 0.264 e. The lowest BCUT2D eigenvalue weighted by Gasteiger charge is -2.28. The normalized spacial score (nSPS) is 11.2. The summed E-state index contributed by atoms with van der Waals surface area (Å²) in [5.41, 5.74) is -0.979. The van der Waals surface area contributed by atoms with E-state index in [0.29, 0.717) is 17.8 Å². The van der Waals surface area contributed by atoms with Gasteiger partial charge in [-0.15, -0.1) is 0 Å². The number of para-hydroxylation sites is 1. The summed E-state index contributed by atoms with van der Waals surface area (Å²) in [6, 6.07) is 9.27. The van der Waals surface area contributed by atoms with E-state index in [0.717, 1.165) is 4.90 Å². The van der Waals surface area contributed by atoms with Crippen molar-refractivity contribution in [2.45, 2.75) is 26.4 Å². The summed E-state index contributed by atoms with van der Waals surface area (Å²) in [5.74, 6) is -4.34. The lowest BCUT2D eigenvalue weighted by atomic mass is 10.1. The van der Waals surface area contributed by atoms with Crippen molar-refractivity contribution >= 4 is 11.6 Å². The lowest BCUT2D eigenvalue weighted by molar-refractivity contribution is 0.0508. The first-order chi connectivity index (χ1) is 12.1. The maximum absolute atomic E-state index is 14.1. The molecule has 6 heteroatoms. The molecule has 2 aromatic rings. The molecule has 0 aliphatic carbocycles. The minimum Gasteiger partial charge on any atom is -0.491 e. The van der Waals surface area contributed by atoms with Gasteiger partial charge in [-0.2, -0.15) is 0 Å². The molecule has 0 aliphatic heterocycles. The molecule has 0 saturated heterocycles. The maximum atomic E-state index is 14.1. The van der Waals surface area contributed by atoms with Gasteiger partial charge < -0.3 is 9.64 Å². The van der Waals surface area contributed by atoms with Gasteiger partial charge in [0.2, 0.25) is 0 Å². The van der Waals surface area contributed by atoms with E-state index in [9.17, 15) is 18.0 Å². The van der Waals surface area contributed by atoms with Crippen LogP contribution in [-0.4, -0.2) is 18.1 Å². The van der Waals surface area contributed by atoms with Crippen LogP contribution < -0.4 is 4.90 Å². The van der Waals surface area contributed by atoms with Crippen LogP contribution >= 0.6 is 0 Å². The second-order valence-corrected chi connectivity index (χ2v) is 6.72. The van der Waals surface area contributed by atoms with Crippen molar-refractivity contribution < 1.29 is 22.7 Å². The van der Waals surface area contributed by atoms with Crippen LogP contribution in [0.1, 0.15) is 31.1 Å². The Morgan fingerprint density at radius 3 is 2.12 bits per heavy atom. The van der Waals surface area contributed by atoms with E-state index in [1.54, 1.807) is 30.3 Å². The Balaban J connectivity index is 2.42. The number of rotatable bonds is 5. The van der Waals surface area contributed by atoms with Gasteiger partial charge in [-0.05, 0) is 32.9 Å². The van der Waals surface area contributed by atoms with Gasteiger partial charge in [0.15, 0.2) is 0 Å². The topological polar surface area (TPSA) is 29.5 Å². The Labute approximate surface area is 150 Å². The molecule has 0 unspecified atom stereocenters. The molecule has 0 aliphatic rings. The first-order valence-electron chi connectivity index (χ1n) is 7.97. The summed E-state index contributed by atoms with van der Waals surface area (Å²) in [7, 11) is 0. The van der Waals surface area contributed by atoms with Crippen molar-refractivity contribution in [3.05, 3.63) is 77.8 Å². The minimum absolute atomic E-state index is 0.115. The van der Waals surface area contributed by atoms with E-state index in [1.165, 1.54) is 0 Å². The SMILES string of the molecule is C=C(CN(C(=O)c1c(F)cc(F)cc1F)c1ccccc1)OC(C)(C)C. The van der Waals surface area contributed by atoms with Crippen molar-refractivity contribution in [1.82, 2.24) is 0 Å². The molecule has 0 saturated carbocycles. The van der Waals surface area contributed by atoms with Crippen molar-refractivity contribution in [2.75, 3.05) is 11.4 Å². The third-order valence-corrected chi connectivity index (χ3v) is 3.32. The van der Waals surface area contributed by atoms with Crippen LogP contribution in [0.2, 0.25) is 0 Å². The predicted octanol–water partition coefficient (Wildman–Crippen LogP) is 5.08. The third kappa shape index (κ3) is 4.88. The monoisotopic (exact) mass is 363 g/mol. The minimum atomic E-state index is -1.27. The summed E-state index contributed by atoms with van der Waals surface area (Å²) in [5, 5.41) is 0. The van der Waals surface area contributed by atoms with Gasteiger partial charge in [-0.25, -0.2) is 13.2 Å². The van der Waals surface area contributed by atoms with Crippen LogP contribution in [0.15, 0.2) is 54.8 Å². The summed E-state index contributed by atoms with van der Waals surface area (Å²) in [6.45, 7) is 9.10. The van der Waals surface area contributed by atoms with Gasteiger partial charge in [0, 0.05) is 17.8 Å². The quantitative estimate of drug-likeness (QED) is 0.694. The molecule has 0 atom stereocenters. The standard InChI is InChI=1S/C20H20F3NO2/c1-13(26-20(2,3)4)12-24(15-8-6-5-7-9-15)19(25)18-16(22)10-14(21)11-17(18)23/h5-11H,1,12H2,2-4H3. The van der Waals surface area contributed by atoms with Gasteiger partial charge in [-0.3, -0.25) is 4.79 Å². The Kier molecular flexibility index (Phi) is 5.75. The zero-order valence-electron chi connectivity index (χ0n) is 14.9. The molecule has 0 bridgehead atoms. The number of amides is 1. The number of anilines is 1. The first kappa shape index (κ1) is 19.6. The smallest absolute Gasteiger partial charge is 0.264 e. The van der Waals surface area contributed by atoms with Crippen LogP contribution in [0, 0.1) is 17.5 Å². The van der Waals surface area contributed by atoms with Crippen LogP contribution in [0.3, 0.4) is 0 Å². The van der Waals surface area contributed by atoms with Gasteiger partial charge in [-0.1, -0.05) is 24.8 Å². The third-order valence-electron chi connectivity index (χ3n) is 3.32. The number of halogens is 3. The number of carbonyl (C=O) groups is 1.